The van der Waals surface area contributed by atoms with Gasteiger partial charge in [0.2, 0.25) is 0 Å². The highest BCUT2D eigenvalue weighted by atomic mass is 16.4. The molecule has 0 aliphatic heterocycles. The van der Waals surface area contributed by atoms with Crippen LogP contribution >= 0.6 is 0 Å². The van der Waals surface area contributed by atoms with Crippen molar-refractivity contribution in [2.45, 2.75) is 20.3 Å². The zero-order chi connectivity index (χ0) is 12.9. The molecule has 92 valence electrons. The van der Waals surface area contributed by atoms with Crippen LogP contribution < -0.4 is 0 Å². The third-order valence-corrected chi connectivity index (χ3v) is 2.81. The van der Waals surface area contributed by atoms with Gasteiger partial charge in [0.15, 0.2) is 0 Å². The van der Waals surface area contributed by atoms with Gasteiger partial charge in [0.05, 0.1) is 0 Å². The Labute approximate surface area is 101 Å². The van der Waals surface area contributed by atoms with E-state index in [4.69, 9.17) is 5.11 Å². The summed E-state index contributed by atoms with van der Waals surface area (Å²) in [6.07, 6.45) is 12.9. The number of aliphatic hydroxyl groups is 1. The van der Waals surface area contributed by atoms with Crippen LogP contribution in [0, 0.1) is 11.3 Å². The van der Waals surface area contributed by atoms with Crippen LogP contribution in [0.15, 0.2) is 48.3 Å². The maximum atomic E-state index is 10.5. The molecule has 1 rings (SSSR count). The summed E-state index contributed by atoms with van der Waals surface area (Å²) >= 11 is 0. The lowest BCUT2D eigenvalue weighted by atomic mass is 9.73. The SMILES string of the molecule is CCC=CC1(C)C=C(O)C=CC1/C=C/C(=O)O. The second-order valence-electron chi connectivity index (χ2n) is 4.33. The molecule has 0 heterocycles. The summed E-state index contributed by atoms with van der Waals surface area (Å²) in [4.78, 5) is 10.5. The standard InChI is InChI=1S/C14H18O3/c1-3-4-9-14(2)10-12(15)7-5-11(14)6-8-13(16)17/h4-11,15H,3H2,1-2H3,(H,16,17)/b8-6+,9-4?. The number of carboxylic acid groups (broad SMARTS) is 1. The van der Waals surface area contributed by atoms with E-state index >= 15 is 0 Å². The average Bonchev–Trinajstić information content (AvgIpc) is 2.25. The summed E-state index contributed by atoms with van der Waals surface area (Å²) in [5.41, 5.74) is -0.374. The number of aliphatic carboxylic acids is 1. The first-order valence-electron chi connectivity index (χ1n) is 5.67. The van der Waals surface area contributed by atoms with Crippen LogP contribution in [0.5, 0.6) is 0 Å². The minimum Gasteiger partial charge on any atom is -0.508 e. The summed E-state index contributed by atoms with van der Waals surface area (Å²) in [6, 6.07) is 0. The molecule has 0 aromatic carbocycles. The van der Waals surface area contributed by atoms with Crippen molar-refractivity contribution in [3.63, 3.8) is 0 Å². The fraction of sp³-hybridized carbons (Fsp3) is 0.357. The van der Waals surface area contributed by atoms with Gasteiger partial charge >= 0.3 is 5.97 Å². The van der Waals surface area contributed by atoms with Crippen molar-refractivity contribution in [2.24, 2.45) is 11.3 Å². The van der Waals surface area contributed by atoms with E-state index < -0.39 is 5.97 Å². The van der Waals surface area contributed by atoms with E-state index in [1.54, 1.807) is 18.2 Å². The summed E-state index contributed by atoms with van der Waals surface area (Å²) in [5, 5.41) is 18.2. The largest absolute Gasteiger partial charge is 0.508 e. The van der Waals surface area contributed by atoms with Crippen LogP contribution in [0.1, 0.15) is 20.3 Å². The van der Waals surface area contributed by atoms with Gasteiger partial charge in [-0.1, -0.05) is 38.2 Å². The molecule has 0 bridgehead atoms. The molecule has 1 aliphatic rings. The first kappa shape index (κ1) is 13.3. The molecular formula is C14H18O3. The molecule has 2 atom stereocenters. The summed E-state index contributed by atoms with van der Waals surface area (Å²) in [6.45, 7) is 4.00. The molecule has 3 nitrogen and oxygen atoms in total. The van der Waals surface area contributed by atoms with Gasteiger partial charge in [-0.2, -0.15) is 0 Å². The molecule has 1 aliphatic carbocycles. The molecule has 2 unspecified atom stereocenters. The molecule has 0 spiro atoms. The molecule has 0 saturated heterocycles. The van der Waals surface area contributed by atoms with E-state index in [1.165, 1.54) is 0 Å². The Balaban J connectivity index is 2.99. The Morgan fingerprint density at radius 1 is 1.59 bits per heavy atom. The van der Waals surface area contributed by atoms with Crippen LogP contribution in [0.3, 0.4) is 0 Å². The highest BCUT2D eigenvalue weighted by Gasteiger charge is 2.29. The molecule has 0 amide bonds. The lowest BCUT2D eigenvalue weighted by Crippen LogP contribution is -2.23. The Hall–Kier alpha value is -1.77. The second kappa shape index (κ2) is 5.53. The number of hydrogen-bond donors (Lipinski definition) is 2. The minimum atomic E-state index is -0.959. The van der Waals surface area contributed by atoms with E-state index in [2.05, 4.69) is 0 Å². The minimum absolute atomic E-state index is 0.0581. The van der Waals surface area contributed by atoms with Crippen molar-refractivity contribution in [3.05, 3.63) is 48.3 Å². The van der Waals surface area contributed by atoms with Crippen LogP contribution in [0.25, 0.3) is 0 Å². The molecule has 3 heteroatoms. The van der Waals surface area contributed by atoms with Gasteiger partial charge in [-0.05, 0) is 18.6 Å². The fourth-order valence-corrected chi connectivity index (χ4v) is 1.86. The van der Waals surface area contributed by atoms with Gasteiger partial charge in [0.25, 0.3) is 0 Å². The van der Waals surface area contributed by atoms with Crippen molar-refractivity contribution < 1.29 is 15.0 Å². The molecule has 17 heavy (non-hydrogen) atoms. The summed E-state index contributed by atoms with van der Waals surface area (Å²) < 4.78 is 0. The average molecular weight is 234 g/mol. The van der Waals surface area contributed by atoms with Gasteiger partial charge in [-0.15, -0.1) is 0 Å². The van der Waals surface area contributed by atoms with E-state index in [0.717, 1.165) is 12.5 Å². The number of hydrogen-bond acceptors (Lipinski definition) is 2. The van der Waals surface area contributed by atoms with Crippen LogP contribution in [0.2, 0.25) is 0 Å². The molecular weight excluding hydrogens is 216 g/mol. The Morgan fingerprint density at radius 2 is 2.29 bits per heavy atom. The zero-order valence-corrected chi connectivity index (χ0v) is 10.1. The van der Waals surface area contributed by atoms with E-state index in [1.807, 2.05) is 32.1 Å². The van der Waals surface area contributed by atoms with Gasteiger partial charge in [-0.3, -0.25) is 0 Å². The first-order chi connectivity index (χ1) is 7.98. The monoisotopic (exact) mass is 234 g/mol. The van der Waals surface area contributed by atoms with Crippen molar-refractivity contribution in [1.29, 1.82) is 0 Å². The van der Waals surface area contributed by atoms with Gasteiger partial charge in [0, 0.05) is 17.4 Å². The molecule has 0 saturated carbocycles. The maximum Gasteiger partial charge on any atom is 0.327 e. The summed E-state index contributed by atoms with van der Waals surface area (Å²) in [5.74, 6) is -0.801. The topological polar surface area (TPSA) is 57.5 Å². The van der Waals surface area contributed by atoms with Crippen molar-refractivity contribution >= 4 is 5.97 Å². The molecule has 0 aromatic heterocycles. The smallest absolute Gasteiger partial charge is 0.327 e. The van der Waals surface area contributed by atoms with Crippen molar-refractivity contribution in [3.8, 4) is 0 Å². The van der Waals surface area contributed by atoms with E-state index in [9.17, 15) is 9.90 Å². The van der Waals surface area contributed by atoms with Crippen LogP contribution in [-0.2, 0) is 4.79 Å². The van der Waals surface area contributed by atoms with Crippen LogP contribution in [-0.4, -0.2) is 16.2 Å². The third kappa shape index (κ3) is 3.63. The number of carboxylic acids is 1. The molecule has 0 radical (unpaired) electrons. The number of carbonyl (C=O) groups is 1. The molecule has 0 aromatic rings. The van der Waals surface area contributed by atoms with Gasteiger partial charge in [0.1, 0.15) is 5.76 Å². The molecule has 2 N–H and O–H groups in total. The van der Waals surface area contributed by atoms with Gasteiger partial charge in [-0.25, -0.2) is 4.79 Å². The zero-order valence-electron chi connectivity index (χ0n) is 10.1. The number of allylic oxidation sites excluding steroid dienone is 6. The number of aliphatic hydroxyl groups excluding tert-OH is 1. The highest BCUT2D eigenvalue weighted by molar-refractivity contribution is 5.79. The summed E-state index contributed by atoms with van der Waals surface area (Å²) in [7, 11) is 0. The predicted molar refractivity (Wildman–Crippen MR) is 67.7 cm³/mol. The third-order valence-electron chi connectivity index (χ3n) is 2.81. The normalized spacial score (nSPS) is 28.8. The number of rotatable bonds is 4. The lowest BCUT2D eigenvalue weighted by molar-refractivity contribution is -0.131. The molecule has 0 fully saturated rings. The van der Waals surface area contributed by atoms with Crippen molar-refractivity contribution in [2.75, 3.05) is 0 Å². The Kier molecular flexibility index (Phi) is 4.32. The lowest BCUT2D eigenvalue weighted by Gasteiger charge is -2.31. The van der Waals surface area contributed by atoms with E-state index in [-0.39, 0.29) is 17.1 Å². The van der Waals surface area contributed by atoms with Gasteiger partial charge < -0.3 is 10.2 Å². The van der Waals surface area contributed by atoms with Crippen LogP contribution in [0.4, 0.5) is 0 Å². The first-order valence-corrected chi connectivity index (χ1v) is 5.67. The fourth-order valence-electron chi connectivity index (χ4n) is 1.86. The predicted octanol–water partition coefficient (Wildman–Crippen LogP) is 3.23. The quantitative estimate of drug-likeness (QED) is 0.580. The Morgan fingerprint density at radius 3 is 2.88 bits per heavy atom. The van der Waals surface area contributed by atoms with Crippen molar-refractivity contribution in [1.82, 2.24) is 0 Å². The maximum absolute atomic E-state index is 10.5. The second-order valence-corrected chi connectivity index (χ2v) is 4.33. The Bertz CT molecular complexity index is 402. The van der Waals surface area contributed by atoms with E-state index in [0.29, 0.717) is 0 Å². The highest BCUT2D eigenvalue weighted by Crippen LogP contribution is 2.37.